The highest BCUT2D eigenvalue weighted by atomic mass is 16.4. The summed E-state index contributed by atoms with van der Waals surface area (Å²) in [4.78, 5) is 11.0. The predicted octanol–water partition coefficient (Wildman–Crippen LogP) is 2.94. The number of hydrogen-bond donors (Lipinski definition) is 2. The number of carboxylic acid groups (broad SMARTS) is 1. The van der Waals surface area contributed by atoms with Crippen molar-refractivity contribution in [2.45, 2.75) is 6.92 Å². The van der Waals surface area contributed by atoms with Gasteiger partial charge in [-0.05, 0) is 41.8 Å². The number of aromatic carboxylic acids is 1. The van der Waals surface area contributed by atoms with E-state index in [0.717, 1.165) is 16.7 Å². The average Bonchev–Trinajstić information content (AvgIpc) is 2.28. The van der Waals surface area contributed by atoms with E-state index in [9.17, 15) is 4.79 Å². The van der Waals surface area contributed by atoms with Crippen LogP contribution in [0.15, 0.2) is 42.5 Å². The Bertz CT molecular complexity index is 576. The van der Waals surface area contributed by atoms with E-state index in [4.69, 9.17) is 10.8 Å². The van der Waals surface area contributed by atoms with Crippen LogP contribution in [0.1, 0.15) is 15.9 Å². The van der Waals surface area contributed by atoms with Crippen molar-refractivity contribution in [3.63, 3.8) is 0 Å². The zero-order valence-corrected chi connectivity index (χ0v) is 9.47. The van der Waals surface area contributed by atoms with E-state index >= 15 is 0 Å². The lowest BCUT2D eigenvalue weighted by Crippen LogP contribution is -1.99. The Morgan fingerprint density at radius 2 is 1.88 bits per heavy atom. The summed E-state index contributed by atoms with van der Waals surface area (Å²) in [6.07, 6.45) is 0. The van der Waals surface area contributed by atoms with Gasteiger partial charge in [0.25, 0.3) is 0 Å². The van der Waals surface area contributed by atoms with Gasteiger partial charge in [-0.2, -0.15) is 0 Å². The second-order valence-electron chi connectivity index (χ2n) is 3.96. The van der Waals surface area contributed by atoms with Gasteiger partial charge in [-0.25, -0.2) is 4.79 Å². The first kappa shape index (κ1) is 11.2. The van der Waals surface area contributed by atoms with Crippen LogP contribution < -0.4 is 5.73 Å². The maximum atomic E-state index is 11.0. The summed E-state index contributed by atoms with van der Waals surface area (Å²) in [5, 5.41) is 8.99. The molecule has 0 aliphatic rings. The van der Waals surface area contributed by atoms with Gasteiger partial charge in [0.05, 0.1) is 5.56 Å². The molecule has 0 atom stereocenters. The van der Waals surface area contributed by atoms with E-state index in [2.05, 4.69) is 0 Å². The molecule has 0 unspecified atom stereocenters. The fourth-order valence-electron chi connectivity index (χ4n) is 1.83. The first-order valence-electron chi connectivity index (χ1n) is 5.28. The number of anilines is 1. The number of aryl methyl sites for hydroxylation is 1. The average molecular weight is 227 g/mol. The minimum Gasteiger partial charge on any atom is -0.478 e. The quantitative estimate of drug-likeness (QED) is 0.775. The molecule has 3 heteroatoms. The van der Waals surface area contributed by atoms with E-state index in [-0.39, 0.29) is 5.56 Å². The van der Waals surface area contributed by atoms with Crippen LogP contribution in [-0.2, 0) is 0 Å². The van der Waals surface area contributed by atoms with E-state index in [0.29, 0.717) is 5.69 Å². The Kier molecular flexibility index (Phi) is 2.83. The van der Waals surface area contributed by atoms with Gasteiger partial charge in [0.1, 0.15) is 0 Å². The fraction of sp³-hybridized carbons (Fsp3) is 0.0714. The van der Waals surface area contributed by atoms with Crippen LogP contribution in [0.3, 0.4) is 0 Å². The van der Waals surface area contributed by atoms with E-state index in [1.54, 1.807) is 12.1 Å². The molecular formula is C14H13NO2. The lowest BCUT2D eigenvalue weighted by molar-refractivity contribution is 0.0697. The Labute approximate surface area is 99.5 Å². The molecule has 0 aromatic heterocycles. The molecule has 86 valence electrons. The summed E-state index contributed by atoms with van der Waals surface area (Å²) in [6.45, 7) is 1.99. The Hall–Kier alpha value is -2.29. The second kappa shape index (κ2) is 4.29. The molecule has 2 rings (SSSR count). The van der Waals surface area contributed by atoms with Crippen molar-refractivity contribution in [1.29, 1.82) is 0 Å². The summed E-state index contributed by atoms with van der Waals surface area (Å²) in [6, 6.07) is 12.7. The van der Waals surface area contributed by atoms with Gasteiger partial charge in [-0.1, -0.05) is 24.3 Å². The molecule has 0 heterocycles. The highest BCUT2D eigenvalue weighted by Crippen LogP contribution is 2.26. The summed E-state index contributed by atoms with van der Waals surface area (Å²) >= 11 is 0. The minimum atomic E-state index is -0.966. The molecule has 3 nitrogen and oxygen atoms in total. The molecule has 0 spiro atoms. The number of hydrogen-bond acceptors (Lipinski definition) is 2. The highest BCUT2D eigenvalue weighted by Gasteiger charge is 2.08. The number of rotatable bonds is 2. The van der Waals surface area contributed by atoms with Crippen LogP contribution in [0.4, 0.5) is 5.69 Å². The molecule has 0 aliphatic carbocycles. The lowest BCUT2D eigenvalue weighted by Gasteiger charge is -2.08. The molecule has 2 aromatic carbocycles. The number of nitrogens with two attached hydrogens (primary N) is 1. The summed E-state index contributed by atoms with van der Waals surface area (Å²) < 4.78 is 0. The smallest absolute Gasteiger partial charge is 0.335 e. The zero-order valence-electron chi connectivity index (χ0n) is 9.47. The first-order valence-corrected chi connectivity index (χ1v) is 5.28. The van der Waals surface area contributed by atoms with Gasteiger partial charge in [0, 0.05) is 5.69 Å². The molecule has 0 radical (unpaired) electrons. The minimum absolute atomic E-state index is 0.211. The summed E-state index contributed by atoms with van der Waals surface area (Å²) in [7, 11) is 0. The van der Waals surface area contributed by atoms with Crippen LogP contribution in [0.5, 0.6) is 0 Å². The summed E-state index contributed by atoms with van der Waals surface area (Å²) in [5.41, 5.74) is 9.32. The van der Waals surface area contributed by atoms with Gasteiger partial charge in [-0.3, -0.25) is 0 Å². The Balaban J connectivity index is 2.60. The molecule has 3 N–H and O–H groups in total. The lowest BCUT2D eigenvalue weighted by atomic mass is 9.98. The second-order valence-corrected chi connectivity index (χ2v) is 3.96. The number of carbonyl (C=O) groups is 1. The van der Waals surface area contributed by atoms with Gasteiger partial charge in [0.15, 0.2) is 0 Å². The van der Waals surface area contributed by atoms with E-state index in [1.807, 2.05) is 31.2 Å². The maximum absolute atomic E-state index is 11.0. The third-order valence-electron chi connectivity index (χ3n) is 2.66. The number of carboxylic acids is 1. The van der Waals surface area contributed by atoms with Crippen molar-refractivity contribution >= 4 is 11.7 Å². The third-order valence-corrected chi connectivity index (χ3v) is 2.66. The highest BCUT2D eigenvalue weighted by molar-refractivity contribution is 5.91. The van der Waals surface area contributed by atoms with Crippen molar-refractivity contribution in [1.82, 2.24) is 0 Å². The number of nitrogen functional groups attached to an aromatic ring is 1. The fourth-order valence-corrected chi connectivity index (χ4v) is 1.83. The van der Waals surface area contributed by atoms with Gasteiger partial charge in [-0.15, -0.1) is 0 Å². The Morgan fingerprint density at radius 3 is 2.53 bits per heavy atom. The van der Waals surface area contributed by atoms with Crippen LogP contribution >= 0.6 is 0 Å². The SMILES string of the molecule is Cc1ccccc1-c1cc(N)cc(C(=O)O)c1. The van der Waals surface area contributed by atoms with Crippen LogP contribution in [0.25, 0.3) is 11.1 Å². The largest absolute Gasteiger partial charge is 0.478 e. The van der Waals surface area contributed by atoms with Gasteiger partial charge >= 0.3 is 5.97 Å². The maximum Gasteiger partial charge on any atom is 0.335 e. The van der Waals surface area contributed by atoms with E-state index in [1.165, 1.54) is 6.07 Å². The number of benzene rings is 2. The van der Waals surface area contributed by atoms with Crippen molar-refractivity contribution in [2.75, 3.05) is 5.73 Å². The molecule has 0 saturated carbocycles. The van der Waals surface area contributed by atoms with Gasteiger partial charge < -0.3 is 10.8 Å². The van der Waals surface area contributed by atoms with Crippen molar-refractivity contribution in [3.8, 4) is 11.1 Å². The molecule has 0 fully saturated rings. The zero-order chi connectivity index (χ0) is 12.4. The van der Waals surface area contributed by atoms with Crippen LogP contribution in [0.2, 0.25) is 0 Å². The van der Waals surface area contributed by atoms with Crippen LogP contribution in [-0.4, -0.2) is 11.1 Å². The molecule has 0 saturated heterocycles. The third kappa shape index (κ3) is 2.28. The molecule has 17 heavy (non-hydrogen) atoms. The summed E-state index contributed by atoms with van der Waals surface area (Å²) in [5.74, 6) is -0.966. The van der Waals surface area contributed by atoms with Gasteiger partial charge in [0.2, 0.25) is 0 Å². The van der Waals surface area contributed by atoms with Crippen molar-refractivity contribution in [3.05, 3.63) is 53.6 Å². The van der Waals surface area contributed by atoms with Crippen LogP contribution in [0, 0.1) is 6.92 Å². The molecule has 0 amide bonds. The Morgan fingerprint density at radius 1 is 1.18 bits per heavy atom. The normalized spacial score (nSPS) is 10.2. The standard InChI is InChI=1S/C14H13NO2/c1-9-4-2-3-5-13(9)10-6-11(14(16)17)8-12(15)7-10/h2-8H,15H2,1H3,(H,16,17). The monoisotopic (exact) mass is 227 g/mol. The molecular weight excluding hydrogens is 214 g/mol. The first-order chi connectivity index (χ1) is 8.08. The van der Waals surface area contributed by atoms with Crippen molar-refractivity contribution < 1.29 is 9.90 Å². The molecule has 0 bridgehead atoms. The predicted molar refractivity (Wildman–Crippen MR) is 68.0 cm³/mol. The topological polar surface area (TPSA) is 63.3 Å². The van der Waals surface area contributed by atoms with Crippen molar-refractivity contribution in [2.24, 2.45) is 0 Å². The molecule has 2 aromatic rings. The van der Waals surface area contributed by atoms with E-state index < -0.39 is 5.97 Å². The molecule has 0 aliphatic heterocycles.